The molecule has 0 spiro atoms. The number of carbonyl (C=O) groups is 7. The van der Waals surface area contributed by atoms with Gasteiger partial charge in [0.15, 0.2) is 0 Å². The van der Waals surface area contributed by atoms with Crippen molar-refractivity contribution in [2.75, 3.05) is 32.8 Å². The van der Waals surface area contributed by atoms with Crippen molar-refractivity contribution in [3.8, 4) is 0 Å². The topological polar surface area (TPSA) is 216 Å². The molecule has 7 unspecified atom stereocenters. The third-order valence-corrected chi connectivity index (χ3v) is 10.4. The molecule has 0 aromatic heterocycles. The Morgan fingerprint density at radius 1 is 0.689 bits per heavy atom. The number of aliphatic hydroxyl groups excluding tert-OH is 2. The van der Waals surface area contributed by atoms with Gasteiger partial charge in [-0.1, -0.05) is 27.4 Å². The van der Waals surface area contributed by atoms with Gasteiger partial charge in [0.2, 0.25) is 17.7 Å². The lowest BCUT2D eigenvalue weighted by Crippen LogP contribution is -2.41. The van der Waals surface area contributed by atoms with Gasteiger partial charge in [-0.15, -0.1) is 0 Å². The summed E-state index contributed by atoms with van der Waals surface area (Å²) in [6, 6.07) is 0.0306. The fraction of sp³-hybridized carbons (Fsp3) is 0.795. The van der Waals surface area contributed by atoms with E-state index in [0.29, 0.717) is 51.5 Å². The molecule has 3 saturated heterocycles. The molecule has 7 atom stereocenters. The van der Waals surface area contributed by atoms with Crippen molar-refractivity contribution in [2.45, 2.75) is 194 Å². The number of carbonyl (C=O) groups excluding carboxylic acids is 7. The molecule has 0 radical (unpaired) electrons. The van der Waals surface area contributed by atoms with E-state index < -0.39 is 42.4 Å². The van der Waals surface area contributed by atoms with E-state index >= 15 is 0 Å². The minimum atomic E-state index is -0.762. The van der Waals surface area contributed by atoms with Crippen LogP contribution in [0.15, 0.2) is 12.8 Å². The number of hydrogen-bond acceptors (Lipinski definition) is 14. The highest BCUT2D eigenvalue weighted by molar-refractivity contribution is 5.79. The van der Waals surface area contributed by atoms with Crippen LogP contribution in [0, 0.1) is 0 Å². The fourth-order valence-electron chi connectivity index (χ4n) is 7.30. The van der Waals surface area contributed by atoms with Crippen LogP contribution in [0.5, 0.6) is 0 Å². The zero-order chi connectivity index (χ0) is 45.9. The van der Waals surface area contributed by atoms with E-state index in [1.165, 1.54) is 13.8 Å². The van der Waals surface area contributed by atoms with Crippen LogP contribution in [-0.2, 0) is 57.2 Å². The summed E-state index contributed by atoms with van der Waals surface area (Å²) in [5.41, 5.74) is 0. The Hall–Kier alpha value is -4.09. The van der Waals surface area contributed by atoms with E-state index in [2.05, 4.69) is 6.58 Å². The Labute approximate surface area is 362 Å². The van der Waals surface area contributed by atoms with Crippen LogP contribution in [-0.4, -0.2) is 142 Å². The van der Waals surface area contributed by atoms with Gasteiger partial charge >= 0.3 is 23.9 Å². The molecule has 0 saturated carbocycles. The van der Waals surface area contributed by atoms with Gasteiger partial charge in [0.1, 0.15) is 31.6 Å². The lowest BCUT2D eigenvalue weighted by atomic mass is 10.0. The van der Waals surface area contributed by atoms with Crippen molar-refractivity contribution in [3.05, 3.63) is 12.8 Å². The Kier molecular flexibility index (Phi) is 27.8. The van der Waals surface area contributed by atoms with Crippen molar-refractivity contribution in [1.29, 1.82) is 0 Å². The predicted molar refractivity (Wildman–Crippen MR) is 225 cm³/mol. The molecule has 3 aliphatic heterocycles. The third kappa shape index (κ3) is 23.6. The maximum atomic E-state index is 12.4. The van der Waals surface area contributed by atoms with E-state index in [-0.39, 0.29) is 87.3 Å². The summed E-state index contributed by atoms with van der Waals surface area (Å²) in [7, 11) is 0. The smallest absolute Gasteiger partial charge is 0.306 e. The Balaban J connectivity index is 0.000000797. The molecule has 3 heterocycles. The monoisotopic (exact) mass is 870 g/mol. The minimum Gasteiger partial charge on any atom is -0.462 e. The first-order valence-corrected chi connectivity index (χ1v) is 22.1. The number of hydrogen-bond donors (Lipinski definition) is 2. The first-order valence-electron chi connectivity index (χ1n) is 22.1. The minimum absolute atomic E-state index is 0.00404. The number of amides is 3. The lowest BCUT2D eigenvalue weighted by molar-refractivity contribution is -0.157. The molecular weight excluding hydrogens is 794 g/mol. The second-order valence-corrected chi connectivity index (χ2v) is 15.7. The van der Waals surface area contributed by atoms with Gasteiger partial charge in [-0.3, -0.25) is 33.6 Å². The summed E-state index contributed by atoms with van der Waals surface area (Å²) < 4.78 is 26.7. The second kappa shape index (κ2) is 30.9. The molecule has 61 heavy (non-hydrogen) atoms. The number of rotatable bonds is 25. The molecule has 0 aromatic rings. The summed E-state index contributed by atoms with van der Waals surface area (Å²) in [5, 5.41) is 19.5. The quantitative estimate of drug-likeness (QED) is 0.0722. The van der Waals surface area contributed by atoms with Crippen molar-refractivity contribution in [1.82, 2.24) is 14.7 Å². The molecule has 17 nitrogen and oxygen atoms in total. The summed E-state index contributed by atoms with van der Waals surface area (Å²) in [6.07, 6.45) is 7.24. The zero-order valence-electron chi connectivity index (χ0n) is 37.8. The number of aliphatic hydroxyl groups is 2. The van der Waals surface area contributed by atoms with Crippen LogP contribution in [0.25, 0.3) is 0 Å². The number of nitrogens with zero attached hydrogens (tertiary/aromatic N) is 3. The highest BCUT2D eigenvalue weighted by atomic mass is 16.6. The van der Waals surface area contributed by atoms with E-state index in [0.717, 1.165) is 38.8 Å². The fourth-order valence-corrected chi connectivity index (χ4v) is 7.30. The predicted octanol–water partition coefficient (Wildman–Crippen LogP) is 4.72. The summed E-state index contributed by atoms with van der Waals surface area (Å²) in [6.45, 7) is 17.5. The van der Waals surface area contributed by atoms with Gasteiger partial charge in [0.05, 0.1) is 18.3 Å². The van der Waals surface area contributed by atoms with E-state index in [1.807, 2.05) is 25.7 Å². The largest absolute Gasteiger partial charge is 0.462 e. The van der Waals surface area contributed by atoms with Gasteiger partial charge in [0, 0.05) is 90.9 Å². The first-order chi connectivity index (χ1) is 28.9. The number of esters is 4. The van der Waals surface area contributed by atoms with Crippen LogP contribution in [0.3, 0.4) is 0 Å². The number of ether oxygens (including phenoxy) is 5. The SMILES string of the molecule is C=CN1CCCC1=O.CCC(CC(C)O)OC(C)=O.CCC(CC(O)CC(C)OC(CCC(=O)OCCOC(=O)CCC(CC)N1CCCC1=O)N1CCCC1=O)OC(C)=O. The molecule has 0 aromatic carbocycles. The molecular formula is C44H75N3O14. The Morgan fingerprint density at radius 3 is 1.59 bits per heavy atom. The Bertz CT molecular complexity index is 1380. The lowest BCUT2D eigenvalue weighted by Gasteiger charge is -2.31. The summed E-state index contributed by atoms with van der Waals surface area (Å²) in [5.74, 6) is -1.27. The Morgan fingerprint density at radius 2 is 1.18 bits per heavy atom. The molecule has 3 fully saturated rings. The molecule has 2 N–H and O–H groups in total. The second-order valence-electron chi connectivity index (χ2n) is 15.7. The molecule has 350 valence electrons. The maximum Gasteiger partial charge on any atom is 0.306 e. The van der Waals surface area contributed by atoms with Crippen molar-refractivity contribution < 1.29 is 67.5 Å². The highest BCUT2D eigenvalue weighted by Crippen LogP contribution is 2.23. The van der Waals surface area contributed by atoms with Crippen molar-refractivity contribution in [2.24, 2.45) is 0 Å². The van der Waals surface area contributed by atoms with Crippen LogP contribution < -0.4 is 0 Å². The zero-order valence-corrected chi connectivity index (χ0v) is 37.8. The van der Waals surface area contributed by atoms with Crippen LogP contribution in [0.4, 0.5) is 0 Å². The average molecular weight is 870 g/mol. The highest BCUT2D eigenvalue weighted by Gasteiger charge is 2.31. The van der Waals surface area contributed by atoms with Gasteiger partial charge in [-0.2, -0.15) is 0 Å². The molecule has 3 rings (SSSR count). The van der Waals surface area contributed by atoms with Crippen LogP contribution in [0.2, 0.25) is 0 Å². The van der Waals surface area contributed by atoms with Crippen molar-refractivity contribution in [3.63, 3.8) is 0 Å². The van der Waals surface area contributed by atoms with Crippen LogP contribution >= 0.6 is 0 Å². The molecule has 0 bridgehead atoms. The van der Waals surface area contributed by atoms with E-state index in [1.54, 1.807) is 29.8 Å². The van der Waals surface area contributed by atoms with Gasteiger partial charge in [0.25, 0.3) is 0 Å². The average Bonchev–Trinajstić information content (AvgIpc) is 3.95. The van der Waals surface area contributed by atoms with E-state index in [4.69, 9.17) is 28.8 Å². The summed E-state index contributed by atoms with van der Waals surface area (Å²) in [4.78, 5) is 86.4. The molecule has 0 aliphatic carbocycles. The number of likely N-dealkylation sites (tertiary alicyclic amines) is 3. The van der Waals surface area contributed by atoms with Crippen LogP contribution in [0.1, 0.15) is 151 Å². The van der Waals surface area contributed by atoms with Gasteiger partial charge in [-0.25, -0.2) is 0 Å². The molecule has 17 heteroatoms. The van der Waals surface area contributed by atoms with Gasteiger partial charge < -0.3 is 48.6 Å². The van der Waals surface area contributed by atoms with Crippen molar-refractivity contribution >= 4 is 41.6 Å². The molecule has 3 aliphatic rings. The third-order valence-electron chi connectivity index (χ3n) is 10.4. The maximum absolute atomic E-state index is 12.4. The summed E-state index contributed by atoms with van der Waals surface area (Å²) >= 11 is 0. The van der Waals surface area contributed by atoms with Gasteiger partial charge in [-0.05, 0) is 71.4 Å². The standard InChI is InChI=1S/C30H50N2O10.C8H16O3.C6H9NO/c1-5-23(31-15-7-9-26(31)35)11-13-29(37)39-17-18-40-30(38)14-12-28(32-16-8-10-27(32)36)41-21(3)19-24(34)20-25(6-2)42-22(4)33;1-4-8(5-6(2)9)11-7(3)10;1-2-7-5-3-4-6(7)8/h21,23-25,28,34H,5-20H2,1-4H3;6,8-9H,4-5H2,1-3H3;2H,1,3-5H2. The normalized spacial score (nSPS) is 18.4. The first kappa shape index (κ1) is 54.9. The molecule has 3 amide bonds. The van der Waals surface area contributed by atoms with E-state index in [9.17, 15) is 38.7 Å².